The quantitative estimate of drug-likeness (QED) is 0.876. The molecule has 2 aromatic rings. The van der Waals surface area contributed by atoms with Gasteiger partial charge in [-0.15, -0.1) is 0 Å². The van der Waals surface area contributed by atoms with Crippen LogP contribution in [-0.4, -0.2) is 39.0 Å². The highest BCUT2D eigenvalue weighted by Gasteiger charge is 2.25. The van der Waals surface area contributed by atoms with Crippen LogP contribution >= 0.6 is 0 Å². The number of nitrogens with one attached hydrogen (secondary N) is 1. The fraction of sp³-hybridized carbons (Fsp3) is 0.368. The minimum absolute atomic E-state index is 0.313. The van der Waals surface area contributed by atoms with Gasteiger partial charge >= 0.3 is 0 Å². The van der Waals surface area contributed by atoms with E-state index in [1.807, 2.05) is 42.5 Å². The van der Waals surface area contributed by atoms with Crippen LogP contribution in [0, 0.1) is 0 Å². The van der Waals surface area contributed by atoms with Gasteiger partial charge in [-0.05, 0) is 49.2 Å². The summed E-state index contributed by atoms with van der Waals surface area (Å²) >= 11 is 0. The molecular weight excluding hydrogens is 320 g/mol. The molecular formula is C19H24N2O2S. The van der Waals surface area contributed by atoms with E-state index in [-0.39, 0.29) is 0 Å². The summed E-state index contributed by atoms with van der Waals surface area (Å²) in [6.07, 6.45) is 2.20. The van der Waals surface area contributed by atoms with Crippen LogP contribution in [0.1, 0.15) is 19.8 Å². The molecule has 24 heavy (non-hydrogen) atoms. The summed E-state index contributed by atoms with van der Waals surface area (Å²) in [4.78, 5) is 2.66. The van der Waals surface area contributed by atoms with Gasteiger partial charge in [0.05, 0.1) is 4.90 Å². The summed E-state index contributed by atoms with van der Waals surface area (Å²) in [6.45, 7) is 4.64. The van der Waals surface area contributed by atoms with Gasteiger partial charge in [-0.3, -0.25) is 4.90 Å². The van der Waals surface area contributed by atoms with E-state index in [0.29, 0.717) is 17.5 Å². The van der Waals surface area contributed by atoms with Gasteiger partial charge in [0, 0.05) is 12.6 Å². The molecule has 1 aliphatic heterocycles. The van der Waals surface area contributed by atoms with Crippen molar-refractivity contribution in [2.75, 3.05) is 19.6 Å². The monoisotopic (exact) mass is 344 g/mol. The Kier molecular flexibility index (Phi) is 5.33. The molecule has 5 heteroatoms. The number of likely N-dealkylation sites (N-methyl/N-ethyl adjacent to an activating group) is 1. The minimum atomic E-state index is -3.46. The lowest BCUT2D eigenvalue weighted by Crippen LogP contribution is -2.39. The van der Waals surface area contributed by atoms with Crippen LogP contribution < -0.4 is 4.72 Å². The molecule has 1 heterocycles. The van der Waals surface area contributed by atoms with Gasteiger partial charge in [0.1, 0.15) is 0 Å². The van der Waals surface area contributed by atoms with Crippen molar-refractivity contribution in [3.63, 3.8) is 0 Å². The molecule has 0 saturated carbocycles. The molecule has 1 atom stereocenters. The molecule has 0 spiro atoms. The van der Waals surface area contributed by atoms with E-state index < -0.39 is 10.0 Å². The second kappa shape index (κ2) is 7.47. The average Bonchev–Trinajstić information content (AvgIpc) is 3.09. The molecule has 4 nitrogen and oxygen atoms in total. The lowest BCUT2D eigenvalue weighted by Gasteiger charge is -2.22. The van der Waals surface area contributed by atoms with Crippen molar-refractivity contribution in [1.29, 1.82) is 0 Å². The van der Waals surface area contributed by atoms with Crippen molar-refractivity contribution in [3.8, 4) is 11.1 Å². The highest BCUT2D eigenvalue weighted by atomic mass is 32.2. The van der Waals surface area contributed by atoms with Crippen molar-refractivity contribution in [2.24, 2.45) is 0 Å². The first-order valence-electron chi connectivity index (χ1n) is 8.49. The fourth-order valence-corrected chi connectivity index (χ4v) is 4.36. The first-order valence-corrected chi connectivity index (χ1v) is 9.97. The van der Waals surface area contributed by atoms with E-state index in [4.69, 9.17) is 0 Å². The standard InChI is InChI=1S/C19H24N2O2S/c1-2-21-14-6-9-18(21)15-20-24(22,23)19-12-10-17(11-13-19)16-7-4-3-5-8-16/h3-5,7-8,10-13,18,20H,2,6,9,14-15H2,1H3. The van der Waals surface area contributed by atoms with E-state index in [1.165, 1.54) is 0 Å². The molecule has 0 radical (unpaired) electrons. The summed E-state index contributed by atoms with van der Waals surface area (Å²) in [6, 6.07) is 17.3. The van der Waals surface area contributed by atoms with E-state index in [2.05, 4.69) is 16.5 Å². The predicted octanol–water partition coefficient (Wildman–Crippen LogP) is 3.12. The van der Waals surface area contributed by atoms with Gasteiger partial charge in [-0.2, -0.15) is 0 Å². The Morgan fingerprint density at radius 2 is 1.71 bits per heavy atom. The second-order valence-electron chi connectivity index (χ2n) is 6.17. The second-order valence-corrected chi connectivity index (χ2v) is 7.93. The Morgan fingerprint density at radius 3 is 2.38 bits per heavy atom. The number of likely N-dealkylation sites (tertiary alicyclic amines) is 1. The van der Waals surface area contributed by atoms with Gasteiger partial charge in [0.15, 0.2) is 0 Å². The number of hydrogen-bond donors (Lipinski definition) is 1. The van der Waals surface area contributed by atoms with Crippen LogP contribution in [0.3, 0.4) is 0 Å². The van der Waals surface area contributed by atoms with Gasteiger partial charge in [0.25, 0.3) is 0 Å². The van der Waals surface area contributed by atoms with Crippen LogP contribution in [0.4, 0.5) is 0 Å². The van der Waals surface area contributed by atoms with Crippen molar-refractivity contribution in [3.05, 3.63) is 54.6 Å². The Balaban J connectivity index is 1.68. The lowest BCUT2D eigenvalue weighted by molar-refractivity contribution is 0.268. The summed E-state index contributed by atoms with van der Waals surface area (Å²) < 4.78 is 27.8. The molecule has 0 aliphatic carbocycles. The van der Waals surface area contributed by atoms with Gasteiger partial charge in [0.2, 0.25) is 10.0 Å². The Labute approximate surface area is 144 Å². The molecule has 1 saturated heterocycles. The van der Waals surface area contributed by atoms with Crippen LogP contribution in [0.5, 0.6) is 0 Å². The Hall–Kier alpha value is -1.69. The van der Waals surface area contributed by atoms with E-state index >= 15 is 0 Å². The van der Waals surface area contributed by atoms with Crippen LogP contribution in [0.15, 0.2) is 59.5 Å². The Bertz CT molecular complexity index is 758. The zero-order chi connectivity index (χ0) is 17.0. The van der Waals surface area contributed by atoms with Crippen LogP contribution in [0.25, 0.3) is 11.1 Å². The Morgan fingerprint density at radius 1 is 1.04 bits per heavy atom. The van der Waals surface area contributed by atoms with Crippen LogP contribution in [0.2, 0.25) is 0 Å². The van der Waals surface area contributed by atoms with E-state index in [0.717, 1.165) is 37.1 Å². The summed E-state index contributed by atoms with van der Waals surface area (Å²) in [5, 5.41) is 0. The van der Waals surface area contributed by atoms with E-state index in [1.54, 1.807) is 12.1 Å². The fourth-order valence-electron chi connectivity index (χ4n) is 3.29. The molecule has 3 rings (SSSR count). The number of rotatable bonds is 6. The van der Waals surface area contributed by atoms with Crippen molar-refractivity contribution in [2.45, 2.75) is 30.7 Å². The summed E-state index contributed by atoms with van der Waals surface area (Å²) in [5.74, 6) is 0. The minimum Gasteiger partial charge on any atom is -0.299 e. The zero-order valence-electron chi connectivity index (χ0n) is 14.0. The van der Waals surface area contributed by atoms with Crippen molar-refractivity contribution >= 4 is 10.0 Å². The van der Waals surface area contributed by atoms with Gasteiger partial charge < -0.3 is 0 Å². The lowest BCUT2D eigenvalue weighted by atomic mass is 10.1. The number of hydrogen-bond acceptors (Lipinski definition) is 3. The zero-order valence-corrected chi connectivity index (χ0v) is 14.8. The molecule has 1 unspecified atom stereocenters. The van der Waals surface area contributed by atoms with Gasteiger partial charge in [-0.1, -0.05) is 49.4 Å². The smallest absolute Gasteiger partial charge is 0.240 e. The topological polar surface area (TPSA) is 49.4 Å². The number of sulfonamides is 1. The molecule has 1 N–H and O–H groups in total. The molecule has 1 aliphatic rings. The molecule has 0 bridgehead atoms. The highest BCUT2D eigenvalue weighted by molar-refractivity contribution is 7.89. The summed E-state index contributed by atoms with van der Waals surface area (Å²) in [7, 11) is -3.46. The van der Waals surface area contributed by atoms with Crippen molar-refractivity contribution in [1.82, 2.24) is 9.62 Å². The van der Waals surface area contributed by atoms with Gasteiger partial charge in [-0.25, -0.2) is 13.1 Å². The average molecular weight is 344 g/mol. The normalized spacial score (nSPS) is 18.8. The third-order valence-electron chi connectivity index (χ3n) is 4.69. The third kappa shape index (κ3) is 3.86. The maximum Gasteiger partial charge on any atom is 0.240 e. The maximum absolute atomic E-state index is 12.5. The maximum atomic E-state index is 12.5. The van der Waals surface area contributed by atoms with Crippen LogP contribution in [-0.2, 0) is 10.0 Å². The first kappa shape index (κ1) is 17.1. The number of benzene rings is 2. The molecule has 1 fully saturated rings. The molecule has 2 aromatic carbocycles. The molecule has 128 valence electrons. The largest absolute Gasteiger partial charge is 0.299 e. The SMILES string of the molecule is CCN1CCCC1CNS(=O)(=O)c1ccc(-c2ccccc2)cc1. The van der Waals surface area contributed by atoms with E-state index in [9.17, 15) is 8.42 Å². The molecule has 0 aromatic heterocycles. The first-order chi connectivity index (χ1) is 11.6. The third-order valence-corrected chi connectivity index (χ3v) is 6.13. The predicted molar refractivity (Wildman–Crippen MR) is 97.3 cm³/mol. The molecule has 0 amide bonds. The highest BCUT2D eigenvalue weighted by Crippen LogP contribution is 2.21. The van der Waals surface area contributed by atoms with Crippen molar-refractivity contribution < 1.29 is 8.42 Å². The number of nitrogens with zero attached hydrogens (tertiary/aromatic N) is 1. The summed E-state index contributed by atoms with van der Waals surface area (Å²) in [5.41, 5.74) is 2.10.